The zero-order valence-electron chi connectivity index (χ0n) is 11.4. The van der Waals surface area contributed by atoms with E-state index in [1.165, 1.54) is 11.8 Å². The van der Waals surface area contributed by atoms with Gasteiger partial charge in [0, 0.05) is 5.56 Å². The molecule has 1 atom stereocenters. The number of aromatic nitrogens is 2. The van der Waals surface area contributed by atoms with Crippen LogP contribution in [-0.4, -0.2) is 26.5 Å². The van der Waals surface area contributed by atoms with E-state index in [1.807, 2.05) is 38.1 Å². The molecule has 0 radical (unpaired) electrons. The summed E-state index contributed by atoms with van der Waals surface area (Å²) in [6.07, 6.45) is 0.572. The predicted octanol–water partition coefficient (Wildman–Crippen LogP) is 3.14. The van der Waals surface area contributed by atoms with Crippen molar-refractivity contribution in [1.82, 2.24) is 10.1 Å². The molecule has 6 heteroatoms. The van der Waals surface area contributed by atoms with Gasteiger partial charge in [-0.05, 0) is 25.5 Å². The molecule has 0 fully saturated rings. The highest BCUT2D eigenvalue weighted by molar-refractivity contribution is 7.99. The van der Waals surface area contributed by atoms with Crippen molar-refractivity contribution in [1.29, 1.82) is 0 Å². The number of thioether (sulfide) groups is 1. The fourth-order valence-corrected chi connectivity index (χ4v) is 2.51. The summed E-state index contributed by atoms with van der Waals surface area (Å²) in [5.41, 5.74) is 2.03. The van der Waals surface area contributed by atoms with Crippen molar-refractivity contribution < 1.29 is 14.4 Å². The van der Waals surface area contributed by atoms with Gasteiger partial charge in [-0.25, -0.2) is 0 Å². The second-order valence-electron chi connectivity index (χ2n) is 4.43. The van der Waals surface area contributed by atoms with Crippen molar-refractivity contribution in [2.75, 3.05) is 0 Å². The first-order chi connectivity index (χ1) is 9.60. The van der Waals surface area contributed by atoms with E-state index >= 15 is 0 Å². The largest absolute Gasteiger partial charge is 0.480 e. The molecule has 0 aliphatic carbocycles. The van der Waals surface area contributed by atoms with Crippen molar-refractivity contribution in [2.24, 2.45) is 0 Å². The van der Waals surface area contributed by atoms with Gasteiger partial charge in [-0.1, -0.05) is 29.8 Å². The summed E-state index contributed by atoms with van der Waals surface area (Å²) in [4.78, 5) is 15.2. The van der Waals surface area contributed by atoms with E-state index in [0.717, 1.165) is 11.1 Å². The van der Waals surface area contributed by atoms with Crippen LogP contribution in [0.5, 0.6) is 0 Å². The average Bonchev–Trinajstić information content (AvgIpc) is 2.89. The van der Waals surface area contributed by atoms with Gasteiger partial charge in [-0.2, -0.15) is 4.98 Å². The lowest BCUT2D eigenvalue weighted by molar-refractivity contribution is -0.136. The summed E-state index contributed by atoms with van der Waals surface area (Å²) < 4.78 is 5.20. The van der Waals surface area contributed by atoms with Gasteiger partial charge in [0.2, 0.25) is 0 Å². The first-order valence-electron chi connectivity index (χ1n) is 6.34. The number of carbonyl (C=O) groups is 1. The maximum atomic E-state index is 10.9. The minimum atomic E-state index is -0.806. The third-order valence-electron chi connectivity index (χ3n) is 2.83. The van der Waals surface area contributed by atoms with Crippen LogP contribution >= 0.6 is 11.8 Å². The Balaban J connectivity index is 2.02. The monoisotopic (exact) mass is 292 g/mol. The Bertz CT molecular complexity index is 580. The van der Waals surface area contributed by atoms with Gasteiger partial charge in [0.25, 0.3) is 5.89 Å². The van der Waals surface area contributed by atoms with E-state index in [9.17, 15) is 4.79 Å². The fraction of sp³-hybridized carbons (Fsp3) is 0.357. The highest BCUT2D eigenvalue weighted by Crippen LogP contribution is 2.22. The van der Waals surface area contributed by atoms with Crippen LogP contribution in [0.25, 0.3) is 11.5 Å². The second kappa shape index (κ2) is 6.56. The molecule has 0 saturated heterocycles. The van der Waals surface area contributed by atoms with Crippen molar-refractivity contribution in [3.8, 4) is 11.5 Å². The molecule has 0 saturated carbocycles. The number of aryl methyl sites for hydroxylation is 1. The van der Waals surface area contributed by atoms with Crippen LogP contribution in [0.4, 0.5) is 0 Å². The number of benzene rings is 1. The molecule has 0 aliphatic rings. The molecule has 0 bridgehead atoms. The van der Waals surface area contributed by atoms with E-state index in [4.69, 9.17) is 9.63 Å². The topological polar surface area (TPSA) is 76.2 Å². The first-order valence-corrected chi connectivity index (χ1v) is 7.39. The molecule has 2 rings (SSSR count). The number of carboxylic acids is 1. The molecule has 0 amide bonds. The van der Waals surface area contributed by atoms with Crippen LogP contribution in [0, 0.1) is 6.92 Å². The molecule has 0 aliphatic heterocycles. The van der Waals surface area contributed by atoms with Gasteiger partial charge < -0.3 is 9.63 Å². The standard InChI is InChI=1S/C14H16N2O3S/c1-3-11(14(17)18)20-8-12-15-13(19-16-12)10-6-4-9(2)5-7-10/h4-7,11H,3,8H2,1-2H3,(H,17,18). The van der Waals surface area contributed by atoms with Crippen LogP contribution < -0.4 is 0 Å². The van der Waals surface area contributed by atoms with Crippen LogP contribution in [0.3, 0.4) is 0 Å². The van der Waals surface area contributed by atoms with Gasteiger partial charge in [0.05, 0.1) is 5.75 Å². The van der Waals surface area contributed by atoms with Crippen molar-refractivity contribution in [3.63, 3.8) is 0 Å². The van der Waals surface area contributed by atoms with Crippen LogP contribution in [-0.2, 0) is 10.5 Å². The lowest BCUT2D eigenvalue weighted by Gasteiger charge is -2.06. The average molecular weight is 292 g/mol. The number of hydrogen-bond donors (Lipinski definition) is 1. The predicted molar refractivity (Wildman–Crippen MR) is 77.5 cm³/mol. The molecular weight excluding hydrogens is 276 g/mol. The fourth-order valence-electron chi connectivity index (χ4n) is 1.66. The number of rotatable bonds is 6. The third kappa shape index (κ3) is 3.60. The molecule has 106 valence electrons. The molecular formula is C14H16N2O3S. The Kier molecular flexibility index (Phi) is 4.79. The Morgan fingerprint density at radius 3 is 2.70 bits per heavy atom. The van der Waals surface area contributed by atoms with E-state index in [0.29, 0.717) is 23.9 Å². The van der Waals surface area contributed by atoms with Crippen molar-refractivity contribution >= 4 is 17.7 Å². The summed E-state index contributed by atoms with van der Waals surface area (Å²) in [7, 11) is 0. The molecule has 20 heavy (non-hydrogen) atoms. The van der Waals surface area contributed by atoms with E-state index in [1.54, 1.807) is 0 Å². The zero-order chi connectivity index (χ0) is 14.5. The molecule has 1 unspecified atom stereocenters. The smallest absolute Gasteiger partial charge is 0.316 e. The van der Waals surface area contributed by atoms with Crippen molar-refractivity contribution in [3.05, 3.63) is 35.7 Å². The molecule has 1 aromatic heterocycles. The second-order valence-corrected chi connectivity index (χ2v) is 5.62. The third-order valence-corrected chi connectivity index (χ3v) is 4.19. The summed E-state index contributed by atoms with van der Waals surface area (Å²) in [6.45, 7) is 3.86. The lowest BCUT2D eigenvalue weighted by atomic mass is 10.1. The van der Waals surface area contributed by atoms with E-state index < -0.39 is 11.2 Å². The normalized spacial score (nSPS) is 12.3. The van der Waals surface area contributed by atoms with Gasteiger partial charge in [-0.3, -0.25) is 4.79 Å². The molecule has 1 aromatic carbocycles. The Morgan fingerprint density at radius 1 is 1.40 bits per heavy atom. The maximum absolute atomic E-state index is 10.9. The number of hydrogen-bond acceptors (Lipinski definition) is 5. The van der Waals surface area contributed by atoms with Gasteiger partial charge >= 0.3 is 5.97 Å². The molecule has 0 spiro atoms. The van der Waals surface area contributed by atoms with Crippen LogP contribution in [0.2, 0.25) is 0 Å². The quantitative estimate of drug-likeness (QED) is 0.881. The summed E-state index contributed by atoms with van der Waals surface area (Å²) in [5, 5.41) is 12.4. The highest BCUT2D eigenvalue weighted by Gasteiger charge is 2.17. The highest BCUT2D eigenvalue weighted by atomic mass is 32.2. The minimum absolute atomic E-state index is 0.431. The number of carboxylic acid groups (broad SMARTS) is 1. The van der Waals surface area contributed by atoms with Crippen LogP contribution in [0.1, 0.15) is 24.7 Å². The number of nitrogens with zero attached hydrogens (tertiary/aromatic N) is 2. The molecule has 2 aromatic rings. The minimum Gasteiger partial charge on any atom is -0.480 e. The molecule has 1 N–H and O–H groups in total. The molecule has 5 nitrogen and oxygen atoms in total. The summed E-state index contributed by atoms with van der Waals surface area (Å²) in [6, 6.07) is 7.80. The van der Waals surface area contributed by atoms with Gasteiger partial charge in [0.1, 0.15) is 5.25 Å². The molecule has 1 heterocycles. The number of aliphatic carboxylic acids is 1. The lowest BCUT2D eigenvalue weighted by Crippen LogP contribution is -2.15. The van der Waals surface area contributed by atoms with E-state index in [-0.39, 0.29) is 0 Å². The maximum Gasteiger partial charge on any atom is 0.316 e. The van der Waals surface area contributed by atoms with Crippen LogP contribution in [0.15, 0.2) is 28.8 Å². The SMILES string of the molecule is CCC(SCc1noc(-c2ccc(C)cc2)n1)C(=O)O. The Hall–Kier alpha value is -1.82. The van der Waals surface area contributed by atoms with Gasteiger partial charge in [-0.15, -0.1) is 11.8 Å². The summed E-state index contributed by atoms with van der Waals surface area (Å²) in [5.74, 6) is 0.606. The summed E-state index contributed by atoms with van der Waals surface area (Å²) >= 11 is 1.31. The van der Waals surface area contributed by atoms with E-state index in [2.05, 4.69) is 10.1 Å². The first kappa shape index (κ1) is 14.6. The zero-order valence-corrected chi connectivity index (χ0v) is 12.2. The Morgan fingerprint density at radius 2 is 2.10 bits per heavy atom. The Labute approximate surface area is 121 Å². The van der Waals surface area contributed by atoms with Crippen molar-refractivity contribution in [2.45, 2.75) is 31.3 Å². The van der Waals surface area contributed by atoms with Gasteiger partial charge in [0.15, 0.2) is 5.82 Å².